The Morgan fingerprint density at radius 2 is 2.00 bits per heavy atom. The third-order valence-electron chi connectivity index (χ3n) is 1.35. The molecule has 4 nitrogen and oxygen atoms in total. The van der Waals surface area contributed by atoms with Crippen LogP contribution in [0.1, 0.15) is 5.56 Å². The van der Waals surface area contributed by atoms with Crippen molar-refractivity contribution in [1.29, 1.82) is 0 Å². The third-order valence-corrected chi connectivity index (χ3v) is 1.81. The van der Waals surface area contributed by atoms with E-state index in [1.54, 1.807) is 6.07 Å². The minimum atomic E-state index is -4.52. The summed E-state index contributed by atoms with van der Waals surface area (Å²) in [5.41, 5.74) is 0.117. The molecule has 0 aliphatic rings. The lowest BCUT2D eigenvalue weighted by Crippen LogP contribution is -1.93. The lowest BCUT2D eigenvalue weighted by molar-refractivity contribution is 0.187. The van der Waals surface area contributed by atoms with Crippen molar-refractivity contribution in [1.82, 2.24) is 0 Å². The highest BCUT2D eigenvalue weighted by molar-refractivity contribution is 7.46. The minimum absolute atomic E-state index is 0.117. The maximum Gasteiger partial charge on any atom is 0.469 e. The number of phosphoric ester groups is 1. The maximum atomic E-state index is 12.8. The van der Waals surface area contributed by atoms with Crippen molar-refractivity contribution in [3.05, 3.63) is 35.6 Å². The van der Waals surface area contributed by atoms with Crippen LogP contribution >= 0.6 is 7.82 Å². The number of rotatable bonds is 3. The summed E-state index contributed by atoms with van der Waals surface area (Å²) in [6.07, 6.45) is 0. The molecular weight excluding hydrogens is 198 g/mol. The fourth-order valence-electron chi connectivity index (χ4n) is 0.769. The van der Waals surface area contributed by atoms with Gasteiger partial charge in [-0.25, -0.2) is 8.96 Å². The summed E-state index contributed by atoms with van der Waals surface area (Å²) in [5, 5.41) is 0. The summed E-state index contributed by atoms with van der Waals surface area (Å²) in [7, 11) is -4.52. The van der Waals surface area contributed by atoms with Crippen molar-refractivity contribution in [2.45, 2.75) is 6.61 Å². The van der Waals surface area contributed by atoms with E-state index in [0.717, 1.165) is 0 Å². The van der Waals surface area contributed by atoms with E-state index in [0.29, 0.717) is 0 Å². The molecule has 0 unspecified atom stereocenters. The molecule has 0 saturated heterocycles. The number of benzene rings is 1. The van der Waals surface area contributed by atoms with Crippen molar-refractivity contribution < 1.29 is 23.3 Å². The zero-order valence-electron chi connectivity index (χ0n) is 6.55. The van der Waals surface area contributed by atoms with E-state index >= 15 is 0 Å². The SMILES string of the molecule is O=P(O)(O)OCc1ccccc1F. The summed E-state index contributed by atoms with van der Waals surface area (Å²) >= 11 is 0. The molecule has 0 amide bonds. The first-order valence-corrected chi connectivity index (χ1v) is 4.95. The molecule has 6 heteroatoms. The van der Waals surface area contributed by atoms with Gasteiger partial charge in [0.05, 0.1) is 6.61 Å². The van der Waals surface area contributed by atoms with Crippen LogP contribution in [0, 0.1) is 5.82 Å². The standard InChI is InChI=1S/C7H8FO4P/c8-7-4-2-1-3-6(7)5-12-13(9,10)11/h1-4H,5H2,(H2,9,10,11). The fraction of sp³-hybridized carbons (Fsp3) is 0.143. The molecule has 0 aromatic heterocycles. The van der Waals surface area contributed by atoms with Gasteiger partial charge in [-0.15, -0.1) is 0 Å². The molecule has 72 valence electrons. The van der Waals surface area contributed by atoms with E-state index in [-0.39, 0.29) is 5.56 Å². The average molecular weight is 206 g/mol. The third kappa shape index (κ3) is 3.65. The lowest BCUT2D eigenvalue weighted by Gasteiger charge is -2.05. The molecule has 0 atom stereocenters. The number of hydrogen-bond donors (Lipinski definition) is 2. The summed E-state index contributed by atoms with van der Waals surface area (Å²) in [4.78, 5) is 16.7. The van der Waals surface area contributed by atoms with E-state index in [4.69, 9.17) is 9.79 Å². The largest absolute Gasteiger partial charge is 0.469 e. The van der Waals surface area contributed by atoms with Crippen LogP contribution in [-0.2, 0) is 15.7 Å². The zero-order chi connectivity index (χ0) is 9.90. The van der Waals surface area contributed by atoms with Gasteiger partial charge < -0.3 is 9.79 Å². The number of hydrogen-bond acceptors (Lipinski definition) is 2. The number of phosphoric acid groups is 1. The smallest absolute Gasteiger partial charge is 0.303 e. The molecule has 2 N–H and O–H groups in total. The summed E-state index contributed by atoms with van der Waals surface area (Å²) in [6.45, 7) is -0.434. The fourth-order valence-corrected chi connectivity index (χ4v) is 1.08. The number of halogens is 1. The Labute approximate surface area is 74.2 Å². The molecule has 13 heavy (non-hydrogen) atoms. The van der Waals surface area contributed by atoms with Crippen molar-refractivity contribution >= 4 is 7.82 Å². The van der Waals surface area contributed by atoms with Crippen molar-refractivity contribution in [3.63, 3.8) is 0 Å². The summed E-state index contributed by atoms with van der Waals surface area (Å²) in [6, 6.07) is 5.63. The van der Waals surface area contributed by atoms with Gasteiger partial charge in [-0.3, -0.25) is 4.52 Å². The monoisotopic (exact) mass is 206 g/mol. The topological polar surface area (TPSA) is 66.8 Å². The van der Waals surface area contributed by atoms with E-state index in [1.165, 1.54) is 18.2 Å². The molecule has 0 radical (unpaired) electrons. The molecular formula is C7H8FO4P. The molecule has 0 aliphatic carbocycles. The van der Waals surface area contributed by atoms with Gasteiger partial charge in [0.2, 0.25) is 0 Å². The summed E-state index contributed by atoms with van der Waals surface area (Å²) in [5.74, 6) is -0.545. The lowest BCUT2D eigenvalue weighted by atomic mass is 10.2. The van der Waals surface area contributed by atoms with Crippen LogP contribution in [0.15, 0.2) is 24.3 Å². The highest BCUT2D eigenvalue weighted by Crippen LogP contribution is 2.37. The zero-order valence-corrected chi connectivity index (χ0v) is 7.45. The molecule has 0 fully saturated rings. The van der Waals surface area contributed by atoms with Gasteiger partial charge in [-0.05, 0) is 6.07 Å². The first kappa shape index (κ1) is 10.3. The first-order valence-electron chi connectivity index (χ1n) is 3.42. The maximum absolute atomic E-state index is 12.8. The van der Waals surface area contributed by atoms with Crippen LogP contribution in [0.4, 0.5) is 4.39 Å². The van der Waals surface area contributed by atoms with Crippen LogP contribution in [-0.4, -0.2) is 9.79 Å². The normalized spacial score (nSPS) is 11.6. The highest BCUT2D eigenvalue weighted by atomic mass is 31.2. The first-order chi connectivity index (χ1) is 5.99. The van der Waals surface area contributed by atoms with E-state index in [2.05, 4.69) is 4.52 Å². The van der Waals surface area contributed by atoms with E-state index in [1.807, 2.05) is 0 Å². The quantitative estimate of drug-likeness (QED) is 0.734. The Kier molecular flexibility index (Phi) is 3.17. The van der Waals surface area contributed by atoms with Crippen LogP contribution in [0.3, 0.4) is 0 Å². The molecule has 1 rings (SSSR count). The second-order valence-electron chi connectivity index (χ2n) is 2.36. The second kappa shape index (κ2) is 3.98. The van der Waals surface area contributed by atoms with Gasteiger partial charge in [0.1, 0.15) is 5.82 Å². The minimum Gasteiger partial charge on any atom is -0.303 e. The van der Waals surface area contributed by atoms with Gasteiger partial charge in [-0.2, -0.15) is 0 Å². The van der Waals surface area contributed by atoms with Gasteiger partial charge in [0.15, 0.2) is 0 Å². The van der Waals surface area contributed by atoms with Crippen molar-refractivity contribution in [2.24, 2.45) is 0 Å². The van der Waals surface area contributed by atoms with Crippen LogP contribution in [0.2, 0.25) is 0 Å². The predicted molar refractivity (Wildman–Crippen MR) is 43.2 cm³/mol. The average Bonchev–Trinajstić information content (AvgIpc) is 2.01. The Morgan fingerprint density at radius 3 is 2.54 bits per heavy atom. The Morgan fingerprint density at radius 1 is 1.38 bits per heavy atom. The highest BCUT2D eigenvalue weighted by Gasteiger charge is 2.14. The molecule has 0 bridgehead atoms. The molecule has 1 aromatic carbocycles. The molecule has 1 aromatic rings. The predicted octanol–water partition coefficient (Wildman–Crippen LogP) is 1.44. The summed E-state index contributed by atoms with van der Waals surface area (Å²) < 4.78 is 27.2. The Bertz CT molecular complexity index is 335. The van der Waals surface area contributed by atoms with Crippen LogP contribution < -0.4 is 0 Å². The van der Waals surface area contributed by atoms with E-state index in [9.17, 15) is 8.96 Å². The van der Waals surface area contributed by atoms with E-state index < -0.39 is 20.2 Å². The molecule has 0 heterocycles. The van der Waals surface area contributed by atoms with Gasteiger partial charge in [-0.1, -0.05) is 18.2 Å². The molecule has 0 saturated carbocycles. The molecule has 0 spiro atoms. The van der Waals surface area contributed by atoms with Crippen molar-refractivity contribution in [3.8, 4) is 0 Å². The van der Waals surface area contributed by atoms with Crippen LogP contribution in [0.25, 0.3) is 0 Å². The van der Waals surface area contributed by atoms with Crippen molar-refractivity contribution in [2.75, 3.05) is 0 Å². The van der Waals surface area contributed by atoms with Crippen LogP contribution in [0.5, 0.6) is 0 Å². The second-order valence-corrected chi connectivity index (χ2v) is 3.59. The van der Waals surface area contributed by atoms with Gasteiger partial charge in [0, 0.05) is 5.56 Å². The Balaban J connectivity index is 2.65. The van der Waals surface area contributed by atoms with Gasteiger partial charge >= 0.3 is 7.82 Å². The molecule has 0 aliphatic heterocycles. The van der Waals surface area contributed by atoms with Gasteiger partial charge in [0.25, 0.3) is 0 Å². The Hall–Kier alpha value is -0.740.